The number of nitrogens with zero attached hydrogens (tertiary/aromatic N) is 5. The second-order valence-electron chi connectivity index (χ2n) is 7.38. The van der Waals surface area contributed by atoms with Crippen molar-refractivity contribution in [3.63, 3.8) is 0 Å². The topological polar surface area (TPSA) is 90.3 Å². The molecule has 2 saturated heterocycles. The summed E-state index contributed by atoms with van der Waals surface area (Å²) >= 11 is 6.22. The van der Waals surface area contributed by atoms with E-state index in [0.29, 0.717) is 36.5 Å². The zero-order chi connectivity index (χ0) is 20.1. The second kappa shape index (κ2) is 9.47. The lowest BCUT2D eigenvalue weighted by atomic mass is 10.0. The minimum atomic E-state index is 0.202. The normalized spacial score (nSPS) is 18.6. The number of ether oxygens (including phenoxy) is 1. The van der Waals surface area contributed by atoms with Crippen molar-refractivity contribution in [2.75, 3.05) is 49.6 Å². The molecule has 0 saturated carbocycles. The molecule has 2 aromatic heterocycles. The first-order chi connectivity index (χ1) is 14.2. The van der Waals surface area contributed by atoms with Gasteiger partial charge in [-0.15, -0.1) is 0 Å². The molecular formula is C20H26ClN7O. The molecule has 0 bridgehead atoms. The maximum Gasteiger partial charge on any atom is 0.226 e. The van der Waals surface area contributed by atoms with Crippen LogP contribution in [-0.2, 0) is 11.3 Å². The molecule has 0 radical (unpaired) electrons. The number of piperidine rings is 1. The predicted octanol–water partition coefficient (Wildman–Crippen LogP) is 2.44. The van der Waals surface area contributed by atoms with Crippen LogP contribution < -0.4 is 10.2 Å². The number of likely N-dealkylation sites (tertiary alicyclic amines) is 1. The number of anilines is 2. The van der Waals surface area contributed by atoms with Crippen molar-refractivity contribution in [3.05, 3.63) is 40.9 Å². The van der Waals surface area contributed by atoms with Crippen LogP contribution in [-0.4, -0.2) is 71.5 Å². The summed E-state index contributed by atoms with van der Waals surface area (Å²) in [6.07, 6.45) is 7.06. The van der Waals surface area contributed by atoms with Gasteiger partial charge in [0, 0.05) is 57.4 Å². The van der Waals surface area contributed by atoms with E-state index in [2.05, 4.69) is 36.1 Å². The van der Waals surface area contributed by atoms with Gasteiger partial charge >= 0.3 is 0 Å². The summed E-state index contributed by atoms with van der Waals surface area (Å²) in [6, 6.07) is 4.39. The van der Waals surface area contributed by atoms with Gasteiger partial charge in [0.25, 0.3) is 0 Å². The van der Waals surface area contributed by atoms with Crippen LogP contribution in [0, 0.1) is 5.41 Å². The van der Waals surface area contributed by atoms with E-state index < -0.39 is 0 Å². The van der Waals surface area contributed by atoms with Crippen molar-refractivity contribution in [2.24, 2.45) is 0 Å². The van der Waals surface area contributed by atoms with Gasteiger partial charge in [0.15, 0.2) is 0 Å². The molecule has 0 spiro atoms. The molecule has 0 aromatic carbocycles. The second-order valence-corrected chi connectivity index (χ2v) is 7.72. The van der Waals surface area contributed by atoms with Crippen LogP contribution in [0.4, 0.5) is 11.6 Å². The smallest absolute Gasteiger partial charge is 0.226 e. The number of hydrogen-bond donors (Lipinski definition) is 2. The number of hydrogen-bond acceptors (Lipinski definition) is 8. The third kappa shape index (κ3) is 5.01. The first-order valence-corrected chi connectivity index (χ1v) is 10.4. The number of aromatic nitrogens is 3. The number of morpholine rings is 1. The Bertz CT molecular complexity index is 821. The highest BCUT2D eigenvalue weighted by Gasteiger charge is 2.24. The molecule has 9 heteroatoms. The van der Waals surface area contributed by atoms with Crippen molar-refractivity contribution in [1.29, 1.82) is 5.41 Å². The molecule has 4 rings (SSSR count). The summed E-state index contributed by atoms with van der Waals surface area (Å²) in [5.41, 5.74) is 1.93. The largest absolute Gasteiger partial charge is 0.378 e. The third-order valence-corrected chi connectivity index (χ3v) is 5.58. The third-order valence-electron chi connectivity index (χ3n) is 5.41. The first kappa shape index (κ1) is 20.0. The minimum Gasteiger partial charge on any atom is -0.378 e. The van der Waals surface area contributed by atoms with E-state index in [1.807, 2.05) is 12.3 Å². The average molecular weight is 416 g/mol. The van der Waals surface area contributed by atoms with Crippen LogP contribution in [0.3, 0.4) is 0 Å². The highest BCUT2D eigenvalue weighted by Crippen LogP contribution is 2.27. The van der Waals surface area contributed by atoms with E-state index in [1.54, 1.807) is 6.20 Å². The standard InChI is InChI=1S/C20H26ClN7O/c21-20-25-18(17(12-22)19(26-20)28-8-10-29-11-9-28)24-16-3-6-27(7-4-16)14-15-2-1-5-23-13-15/h1-2,5,12-13,16,22H,3-4,6-11,14H2,(H,24,25,26). The molecule has 0 unspecified atom stereocenters. The lowest BCUT2D eigenvalue weighted by molar-refractivity contribution is 0.122. The number of nitrogens with one attached hydrogen (secondary N) is 2. The molecule has 2 fully saturated rings. The molecule has 2 N–H and O–H groups in total. The Morgan fingerprint density at radius 3 is 2.69 bits per heavy atom. The summed E-state index contributed by atoms with van der Waals surface area (Å²) in [5.74, 6) is 1.35. The fourth-order valence-corrected chi connectivity index (χ4v) is 4.03. The Balaban J connectivity index is 1.41. The molecular weight excluding hydrogens is 390 g/mol. The maximum absolute atomic E-state index is 7.93. The van der Waals surface area contributed by atoms with E-state index in [4.69, 9.17) is 21.7 Å². The lowest BCUT2D eigenvalue weighted by Crippen LogP contribution is -2.39. The van der Waals surface area contributed by atoms with Crippen LogP contribution in [0.2, 0.25) is 5.28 Å². The minimum absolute atomic E-state index is 0.202. The van der Waals surface area contributed by atoms with E-state index in [9.17, 15) is 0 Å². The van der Waals surface area contributed by atoms with Gasteiger partial charge in [0.05, 0.1) is 18.8 Å². The van der Waals surface area contributed by atoms with Crippen LogP contribution in [0.15, 0.2) is 24.5 Å². The van der Waals surface area contributed by atoms with Gasteiger partial charge in [0.2, 0.25) is 5.28 Å². The molecule has 4 heterocycles. The monoisotopic (exact) mass is 415 g/mol. The number of halogens is 1. The molecule has 154 valence electrons. The summed E-state index contributed by atoms with van der Waals surface area (Å²) in [5, 5.41) is 11.7. The van der Waals surface area contributed by atoms with Gasteiger partial charge in [0.1, 0.15) is 11.6 Å². The molecule has 0 amide bonds. The Labute approximate surface area is 175 Å². The van der Waals surface area contributed by atoms with Gasteiger partial charge in [-0.25, -0.2) is 0 Å². The van der Waals surface area contributed by atoms with E-state index in [0.717, 1.165) is 45.6 Å². The summed E-state index contributed by atoms with van der Waals surface area (Å²) in [4.78, 5) is 17.5. The Kier molecular flexibility index (Phi) is 6.53. The Morgan fingerprint density at radius 1 is 1.21 bits per heavy atom. The summed E-state index contributed by atoms with van der Waals surface area (Å²) < 4.78 is 5.43. The SMILES string of the molecule is N=Cc1c(NC2CCN(Cc3cccnc3)CC2)nc(Cl)nc1N1CCOCC1. The first-order valence-electron chi connectivity index (χ1n) is 10.0. The molecule has 0 atom stereocenters. The van der Waals surface area contributed by atoms with Gasteiger partial charge in [-0.05, 0) is 36.1 Å². The average Bonchev–Trinajstić information content (AvgIpc) is 2.76. The van der Waals surface area contributed by atoms with Gasteiger partial charge in [-0.3, -0.25) is 9.88 Å². The number of pyridine rings is 1. The van der Waals surface area contributed by atoms with Crippen molar-refractivity contribution in [2.45, 2.75) is 25.4 Å². The Morgan fingerprint density at radius 2 is 2.00 bits per heavy atom. The molecule has 0 aliphatic carbocycles. The van der Waals surface area contributed by atoms with Gasteiger partial charge in [-0.1, -0.05) is 6.07 Å². The predicted molar refractivity (Wildman–Crippen MR) is 114 cm³/mol. The zero-order valence-electron chi connectivity index (χ0n) is 16.4. The maximum atomic E-state index is 7.93. The highest BCUT2D eigenvalue weighted by atomic mass is 35.5. The zero-order valence-corrected chi connectivity index (χ0v) is 17.1. The van der Waals surface area contributed by atoms with E-state index in [1.165, 1.54) is 11.8 Å². The molecule has 8 nitrogen and oxygen atoms in total. The highest BCUT2D eigenvalue weighted by molar-refractivity contribution is 6.28. The molecule has 2 aromatic rings. The Hall–Kier alpha value is -2.29. The van der Waals surface area contributed by atoms with Crippen molar-refractivity contribution >= 4 is 29.5 Å². The van der Waals surface area contributed by atoms with Crippen molar-refractivity contribution < 1.29 is 4.74 Å². The van der Waals surface area contributed by atoms with Crippen LogP contribution in [0.5, 0.6) is 0 Å². The number of rotatable bonds is 6. The van der Waals surface area contributed by atoms with Gasteiger partial charge < -0.3 is 20.4 Å². The van der Waals surface area contributed by atoms with Crippen LogP contribution >= 0.6 is 11.6 Å². The molecule has 2 aliphatic heterocycles. The quantitative estimate of drug-likeness (QED) is 0.553. The van der Waals surface area contributed by atoms with Crippen LogP contribution in [0.1, 0.15) is 24.0 Å². The summed E-state index contributed by atoms with van der Waals surface area (Å²) in [7, 11) is 0. The van der Waals surface area contributed by atoms with Gasteiger partial charge in [-0.2, -0.15) is 9.97 Å². The van der Waals surface area contributed by atoms with Crippen LogP contribution in [0.25, 0.3) is 0 Å². The fourth-order valence-electron chi connectivity index (χ4n) is 3.87. The molecule has 2 aliphatic rings. The van der Waals surface area contributed by atoms with Crippen molar-refractivity contribution in [3.8, 4) is 0 Å². The summed E-state index contributed by atoms with van der Waals surface area (Å²) in [6.45, 7) is 5.70. The van der Waals surface area contributed by atoms with E-state index >= 15 is 0 Å². The van der Waals surface area contributed by atoms with Crippen molar-refractivity contribution in [1.82, 2.24) is 19.9 Å². The lowest BCUT2D eigenvalue weighted by Gasteiger charge is -2.33. The van der Waals surface area contributed by atoms with E-state index in [-0.39, 0.29) is 5.28 Å². The molecule has 29 heavy (non-hydrogen) atoms. The fraction of sp³-hybridized carbons (Fsp3) is 0.500.